The first-order chi connectivity index (χ1) is 11.7. The van der Waals surface area contributed by atoms with Crippen LogP contribution >= 0.6 is 0 Å². The molecule has 1 aromatic carbocycles. The molecule has 1 fully saturated rings. The molecule has 5 N–H and O–H groups in total. The van der Waals surface area contributed by atoms with Crippen molar-refractivity contribution in [2.75, 3.05) is 11.1 Å². The van der Waals surface area contributed by atoms with Crippen LogP contribution in [0.4, 0.5) is 11.5 Å². The highest BCUT2D eigenvalue weighted by Crippen LogP contribution is 2.40. The minimum absolute atomic E-state index is 0.298. The van der Waals surface area contributed by atoms with Crippen molar-refractivity contribution in [2.24, 2.45) is 5.73 Å². The third-order valence-electron chi connectivity index (χ3n) is 4.19. The number of nitrogens with two attached hydrogens (primary N) is 2. The summed E-state index contributed by atoms with van der Waals surface area (Å²) in [6.07, 6.45) is 5.60. The van der Waals surface area contributed by atoms with E-state index in [1.165, 1.54) is 0 Å². The smallest absolute Gasteiger partial charge is 0.276 e. The lowest BCUT2D eigenvalue weighted by atomic mass is 10.2. The van der Waals surface area contributed by atoms with Gasteiger partial charge in [-0.05, 0) is 30.5 Å². The summed E-state index contributed by atoms with van der Waals surface area (Å²) in [5.41, 5.74) is 14.1. The Hall–Kier alpha value is -2.93. The topological polar surface area (TPSA) is 111 Å². The summed E-state index contributed by atoms with van der Waals surface area (Å²) in [6.45, 7) is 0.416. The van der Waals surface area contributed by atoms with Gasteiger partial charge in [0.1, 0.15) is 17.2 Å². The summed E-state index contributed by atoms with van der Waals surface area (Å²) in [7, 11) is 0. The molecule has 1 amide bonds. The van der Waals surface area contributed by atoms with Gasteiger partial charge in [-0.15, -0.1) is 0 Å². The van der Waals surface area contributed by atoms with Crippen LogP contribution in [0.3, 0.4) is 0 Å². The lowest BCUT2D eigenvalue weighted by Gasteiger charge is -2.06. The third kappa shape index (κ3) is 2.48. The van der Waals surface area contributed by atoms with E-state index >= 15 is 0 Å². The van der Waals surface area contributed by atoms with Gasteiger partial charge in [0, 0.05) is 30.5 Å². The molecule has 0 radical (unpaired) electrons. The van der Waals surface area contributed by atoms with Crippen LogP contribution in [0.25, 0.3) is 5.52 Å². The maximum Gasteiger partial charge on any atom is 0.276 e. The number of hydrogen-bond acceptors (Lipinski definition) is 5. The van der Waals surface area contributed by atoms with Crippen LogP contribution in [0, 0.1) is 0 Å². The standard InChI is InChI=1S/C17H18N6O/c18-9-10-2-1-3-12(8-10)21-17(24)13-14-15(19)20-6-7-23(14)16(22-13)11-4-5-11/h1-3,6-8,11H,4-5,9,18H2,(H2,19,20)(H,21,24). The summed E-state index contributed by atoms with van der Waals surface area (Å²) in [6, 6.07) is 7.43. The Morgan fingerprint density at radius 2 is 2.21 bits per heavy atom. The number of aromatic nitrogens is 3. The highest BCUT2D eigenvalue weighted by atomic mass is 16.1. The van der Waals surface area contributed by atoms with Crippen LogP contribution in [0.2, 0.25) is 0 Å². The molecule has 1 saturated carbocycles. The molecule has 0 spiro atoms. The zero-order valence-corrected chi connectivity index (χ0v) is 13.1. The third-order valence-corrected chi connectivity index (χ3v) is 4.19. The summed E-state index contributed by atoms with van der Waals surface area (Å²) in [5, 5.41) is 2.87. The number of carbonyl (C=O) groups excluding carboxylic acids is 1. The number of rotatable bonds is 4. The van der Waals surface area contributed by atoms with E-state index < -0.39 is 0 Å². The average Bonchev–Trinajstić information content (AvgIpc) is 3.35. The molecule has 3 aromatic rings. The van der Waals surface area contributed by atoms with Crippen molar-refractivity contribution >= 4 is 22.9 Å². The number of imidazole rings is 1. The van der Waals surface area contributed by atoms with Gasteiger partial charge in [-0.2, -0.15) is 0 Å². The molecule has 7 heteroatoms. The molecule has 0 aliphatic heterocycles. The molecular formula is C17H18N6O. The molecular weight excluding hydrogens is 304 g/mol. The Labute approximate surface area is 138 Å². The summed E-state index contributed by atoms with van der Waals surface area (Å²) < 4.78 is 1.88. The lowest BCUT2D eigenvalue weighted by Crippen LogP contribution is -2.14. The second kappa shape index (κ2) is 5.61. The van der Waals surface area contributed by atoms with Crippen molar-refractivity contribution in [3.8, 4) is 0 Å². The Morgan fingerprint density at radius 3 is 2.96 bits per heavy atom. The van der Waals surface area contributed by atoms with Crippen LogP contribution in [0.15, 0.2) is 36.7 Å². The van der Waals surface area contributed by atoms with E-state index in [0.29, 0.717) is 35.2 Å². The molecule has 4 rings (SSSR count). The highest BCUT2D eigenvalue weighted by molar-refractivity contribution is 6.09. The number of nitrogens with one attached hydrogen (secondary N) is 1. The van der Waals surface area contributed by atoms with Gasteiger partial charge >= 0.3 is 0 Å². The molecule has 2 aromatic heterocycles. The average molecular weight is 322 g/mol. The van der Waals surface area contributed by atoms with Crippen molar-refractivity contribution in [1.82, 2.24) is 14.4 Å². The van der Waals surface area contributed by atoms with E-state index in [4.69, 9.17) is 11.5 Å². The van der Waals surface area contributed by atoms with Crippen LogP contribution in [-0.4, -0.2) is 20.3 Å². The van der Waals surface area contributed by atoms with Crippen molar-refractivity contribution in [3.05, 3.63) is 53.7 Å². The number of hydrogen-bond donors (Lipinski definition) is 3. The minimum atomic E-state index is -0.298. The quantitative estimate of drug-likeness (QED) is 0.679. The summed E-state index contributed by atoms with van der Waals surface area (Å²) in [4.78, 5) is 21.4. The second-order valence-electron chi connectivity index (χ2n) is 5.98. The summed E-state index contributed by atoms with van der Waals surface area (Å²) in [5.74, 6) is 1.27. The number of amides is 1. The molecule has 7 nitrogen and oxygen atoms in total. The normalized spacial score (nSPS) is 14.0. The van der Waals surface area contributed by atoms with Crippen LogP contribution in [-0.2, 0) is 6.54 Å². The van der Waals surface area contributed by atoms with Gasteiger partial charge in [-0.25, -0.2) is 9.97 Å². The molecule has 122 valence electrons. The van der Waals surface area contributed by atoms with Crippen LogP contribution in [0.1, 0.15) is 40.6 Å². The van der Waals surface area contributed by atoms with Crippen molar-refractivity contribution in [3.63, 3.8) is 0 Å². The molecule has 0 unspecified atom stereocenters. The first-order valence-corrected chi connectivity index (χ1v) is 7.90. The Balaban J connectivity index is 1.74. The number of benzene rings is 1. The largest absolute Gasteiger partial charge is 0.382 e. The van der Waals surface area contributed by atoms with Gasteiger partial charge in [0.2, 0.25) is 0 Å². The van der Waals surface area contributed by atoms with E-state index in [-0.39, 0.29) is 5.91 Å². The van der Waals surface area contributed by atoms with Crippen molar-refractivity contribution in [1.29, 1.82) is 0 Å². The van der Waals surface area contributed by atoms with E-state index in [1.807, 2.05) is 28.7 Å². The molecule has 0 saturated heterocycles. The van der Waals surface area contributed by atoms with Crippen molar-refractivity contribution < 1.29 is 4.79 Å². The van der Waals surface area contributed by atoms with Crippen LogP contribution < -0.4 is 16.8 Å². The minimum Gasteiger partial charge on any atom is -0.382 e. The Morgan fingerprint density at radius 1 is 1.38 bits per heavy atom. The summed E-state index contributed by atoms with van der Waals surface area (Å²) >= 11 is 0. The maximum atomic E-state index is 12.7. The number of fused-ring (bicyclic) bond motifs is 1. The van der Waals surface area contributed by atoms with Gasteiger partial charge < -0.3 is 16.8 Å². The molecule has 0 atom stereocenters. The maximum absolute atomic E-state index is 12.7. The fourth-order valence-corrected chi connectivity index (χ4v) is 2.84. The molecule has 1 aliphatic rings. The van der Waals surface area contributed by atoms with E-state index in [2.05, 4.69) is 15.3 Å². The fraction of sp³-hybridized carbons (Fsp3) is 0.235. The zero-order valence-electron chi connectivity index (χ0n) is 13.1. The number of anilines is 2. The molecule has 24 heavy (non-hydrogen) atoms. The van der Waals surface area contributed by atoms with Gasteiger partial charge in [-0.3, -0.25) is 9.20 Å². The number of nitrogen functional groups attached to an aromatic ring is 1. The Kier molecular flexibility index (Phi) is 3.42. The zero-order chi connectivity index (χ0) is 16.7. The van der Waals surface area contributed by atoms with E-state index in [9.17, 15) is 4.79 Å². The van der Waals surface area contributed by atoms with E-state index in [0.717, 1.165) is 24.2 Å². The SMILES string of the molecule is NCc1cccc(NC(=O)c2nc(C3CC3)n3ccnc(N)c23)c1. The fourth-order valence-electron chi connectivity index (χ4n) is 2.84. The first kappa shape index (κ1) is 14.6. The van der Waals surface area contributed by atoms with Gasteiger partial charge in [0.15, 0.2) is 5.69 Å². The first-order valence-electron chi connectivity index (χ1n) is 7.90. The van der Waals surface area contributed by atoms with Gasteiger partial charge in [0.05, 0.1) is 0 Å². The monoisotopic (exact) mass is 322 g/mol. The highest BCUT2D eigenvalue weighted by Gasteiger charge is 2.31. The van der Waals surface area contributed by atoms with E-state index in [1.54, 1.807) is 12.4 Å². The van der Waals surface area contributed by atoms with Crippen molar-refractivity contribution in [2.45, 2.75) is 25.3 Å². The number of nitrogens with zero attached hydrogens (tertiary/aromatic N) is 3. The van der Waals surface area contributed by atoms with Crippen LogP contribution in [0.5, 0.6) is 0 Å². The molecule has 2 heterocycles. The van der Waals surface area contributed by atoms with Gasteiger partial charge in [-0.1, -0.05) is 12.1 Å². The second-order valence-corrected chi connectivity index (χ2v) is 5.98. The molecule has 0 bridgehead atoms. The Bertz CT molecular complexity index is 928. The lowest BCUT2D eigenvalue weighted by molar-refractivity contribution is 0.102. The van der Waals surface area contributed by atoms with Gasteiger partial charge in [0.25, 0.3) is 5.91 Å². The number of carbonyl (C=O) groups is 1. The molecule has 1 aliphatic carbocycles. The predicted molar refractivity (Wildman–Crippen MR) is 91.7 cm³/mol. The predicted octanol–water partition coefficient (Wildman–Crippen LogP) is 1.90.